The molecule has 0 aromatic heterocycles. The van der Waals surface area contributed by atoms with E-state index < -0.39 is 0 Å². The second kappa shape index (κ2) is 8.97. The smallest absolute Gasteiger partial charge is 0.0221 e. The Kier molecular flexibility index (Phi) is 8.90. The first-order valence-electron chi connectivity index (χ1n) is 6.60. The maximum atomic E-state index is 5.90. The van der Waals surface area contributed by atoms with Crippen LogP contribution >= 0.6 is 0 Å². The van der Waals surface area contributed by atoms with Crippen molar-refractivity contribution < 1.29 is 0 Å². The maximum absolute atomic E-state index is 5.90. The first-order valence-corrected chi connectivity index (χ1v) is 6.60. The number of hydrogen-bond donors (Lipinski definition) is 1. The van der Waals surface area contributed by atoms with E-state index in [1.807, 2.05) is 0 Å². The minimum absolute atomic E-state index is 0.555. The van der Waals surface area contributed by atoms with Crippen LogP contribution in [-0.2, 0) is 0 Å². The Bertz CT molecular complexity index is 157. The highest BCUT2D eigenvalue weighted by atomic mass is 15.2. The zero-order chi connectivity index (χ0) is 12.6. The van der Waals surface area contributed by atoms with Gasteiger partial charge in [-0.3, -0.25) is 4.90 Å². The predicted molar refractivity (Wildman–Crippen MR) is 72.7 cm³/mol. The third kappa shape index (κ3) is 7.20. The molecule has 1 unspecified atom stereocenters. The van der Waals surface area contributed by atoms with Gasteiger partial charge in [-0.1, -0.05) is 20.8 Å². The van der Waals surface area contributed by atoms with Gasteiger partial charge in [-0.15, -0.1) is 0 Å². The van der Waals surface area contributed by atoms with Crippen LogP contribution < -0.4 is 5.73 Å². The van der Waals surface area contributed by atoms with Gasteiger partial charge in [-0.25, -0.2) is 0 Å². The monoisotopic (exact) mass is 229 g/mol. The summed E-state index contributed by atoms with van der Waals surface area (Å²) >= 11 is 0. The second-order valence-corrected chi connectivity index (χ2v) is 5.36. The van der Waals surface area contributed by atoms with Crippen molar-refractivity contribution in [2.24, 2.45) is 11.7 Å². The van der Waals surface area contributed by atoms with Crippen LogP contribution in [0.4, 0.5) is 0 Å². The molecule has 98 valence electrons. The molecule has 0 amide bonds. The molecule has 0 aromatic rings. The summed E-state index contributed by atoms with van der Waals surface area (Å²) in [5.41, 5.74) is 5.90. The Morgan fingerprint density at radius 1 is 1.06 bits per heavy atom. The molecule has 0 rings (SSSR count). The quantitative estimate of drug-likeness (QED) is 0.652. The van der Waals surface area contributed by atoms with Crippen molar-refractivity contribution in [3.8, 4) is 0 Å². The van der Waals surface area contributed by atoms with Gasteiger partial charge in [0.05, 0.1) is 0 Å². The maximum Gasteiger partial charge on any atom is 0.0221 e. The molecule has 0 saturated carbocycles. The Labute approximate surface area is 102 Å². The van der Waals surface area contributed by atoms with Gasteiger partial charge in [-0.05, 0) is 39.4 Å². The van der Waals surface area contributed by atoms with Gasteiger partial charge in [-0.2, -0.15) is 0 Å². The van der Waals surface area contributed by atoms with Gasteiger partial charge in [0, 0.05) is 25.7 Å². The van der Waals surface area contributed by atoms with Crippen molar-refractivity contribution in [3.63, 3.8) is 0 Å². The first-order chi connectivity index (χ1) is 7.51. The van der Waals surface area contributed by atoms with E-state index >= 15 is 0 Å². The van der Waals surface area contributed by atoms with E-state index in [2.05, 4.69) is 44.7 Å². The van der Waals surface area contributed by atoms with E-state index in [1.54, 1.807) is 0 Å². The molecule has 0 heterocycles. The first kappa shape index (κ1) is 15.9. The topological polar surface area (TPSA) is 32.5 Å². The minimum atomic E-state index is 0.555. The normalized spacial score (nSPS) is 14.1. The fourth-order valence-corrected chi connectivity index (χ4v) is 2.03. The van der Waals surface area contributed by atoms with Crippen LogP contribution in [0.1, 0.15) is 33.6 Å². The van der Waals surface area contributed by atoms with E-state index in [9.17, 15) is 0 Å². The molecule has 0 spiro atoms. The largest absolute Gasteiger partial charge is 0.329 e. The highest BCUT2D eigenvalue weighted by molar-refractivity contribution is 4.74. The molecule has 0 saturated heterocycles. The van der Waals surface area contributed by atoms with Gasteiger partial charge in [0.25, 0.3) is 0 Å². The molecule has 3 nitrogen and oxygen atoms in total. The molecular weight excluding hydrogens is 198 g/mol. The summed E-state index contributed by atoms with van der Waals surface area (Å²) < 4.78 is 0. The molecule has 0 aliphatic heterocycles. The van der Waals surface area contributed by atoms with Gasteiger partial charge < -0.3 is 10.6 Å². The molecule has 0 fully saturated rings. The van der Waals surface area contributed by atoms with Crippen LogP contribution in [0.25, 0.3) is 0 Å². The molecule has 0 aromatic carbocycles. The van der Waals surface area contributed by atoms with Crippen molar-refractivity contribution in [3.05, 3.63) is 0 Å². The lowest BCUT2D eigenvalue weighted by atomic mass is 10.0. The zero-order valence-corrected chi connectivity index (χ0v) is 11.9. The van der Waals surface area contributed by atoms with Crippen molar-refractivity contribution >= 4 is 0 Å². The fourth-order valence-electron chi connectivity index (χ4n) is 2.03. The second-order valence-electron chi connectivity index (χ2n) is 5.36. The Hall–Kier alpha value is -0.120. The van der Waals surface area contributed by atoms with E-state index in [-0.39, 0.29) is 0 Å². The van der Waals surface area contributed by atoms with Gasteiger partial charge in [0.1, 0.15) is 0 Å². The summed E-state index contributed by atoms with van der Waals surface area (Å²) in [5.74, 6) is 0.729. The summed E-state index contributed by atoms with van der Waals surface area (Å²) in [6.45, 7) is 11.0. The molecule has 2 N–H and O–H groups in total. The van der Waals surface area contributed by atoms with E-state index in [0.717, 1.165) is 25.6 Å². The lowest BCUT2D eigenvalue weighted by molar-refractivity contribution is 0.163. The van der Waals surface area contributed by atoms with Crippen LogP contribution in [-0.4, -0.2) is 56.1 Å². The zero-order valence-electron chi connectivity index (χ0n) is 11.9. The number of likely N-dealkylation sites (N-methyl/N-ethyl adjacent to an activating group) is 1. The molecular formula is C13H31N3. The number of hydrogen-bond acceptors (Lipinski definition) is 3. The van der Waals surface area contributed by atoms with Crippen molar-refractivity contribution in [1.82, 2.24) is 9.80 Å². The van der Waals surface area contributed by atoms with Gasteiger partial charge in [0.2, 0.25) is 0 Å². The van der Waals surface area contributed by atoms with Crippen LogP contribution in [0.15, 0.2) is 0 Å². The summed E-state index contributed by atoms with van der Waals surface area (Å²) in [7, 11) is 4.26. The minimum Gasteiger partial charge on any atom is -0.329 e. The summed E-state index contributed by atoms with van der Waals surface area (Å²) in [6.07, 6.45) is 2.42. The lowest BCUT2D eigenvalue weighted by Gasteiger charge is -2.32. The molecule has 1 atom stereocenters. The highest BCUT2D eigenvalue weighted by Gasteiger charge is 2.17. The Morgan fingerprint density at radius 3 is 2.06 bits per heavy atom. The number of nitrogens with zero attached hydrogens (tertiary/aromatic N) is 2. The van der Waals surface area contributed by atoms with Crippen molar-refractivity contribution in [2.45, 2.75) is 39.7 Å². The summed E-state index contributed by atoms with van der Waals surface area (Å²) in [5, 5.41) is 0. The van der Waals surface area contributed by atoms with Crippen LogP contribution in [0, 0.1) is 5.92 Å². The van der Waals surface area contributed by atoms with Gasteiger partial charge >= 0.3 is 0 Å². The average molecular weight is 229 g/mol. The third-order valence-corrected chi connectivity index (χ3v) is 2.88. The van der Waals surface area contributed by atoms with Crippen LogP contribution in [0.5, 0.6) is 0 Å². The summed E-state index contributed by atoms with van der Waals surface area (Å²) in [4.78, 5) is 4.80. The molecule has 0 bridgehead atoms. The third-order valence-electron chi connectivity index (χ3n) is 2.88. The molecule has 0 radical (unpaired) electrons. The van der Waals surface area contributed by atoms with Crippen LogP contribution in [0.3, 0.4) is 0 Å². The summed E-state index contributed by atoms with van der Waals surface area (Å²) in [6, 6.07) is 0.555. The number of rotatable bonds is 9. The Morgan fingerprint density at radius 2 is 1.69 bits per heavy atom. The van der Waals surface area contributed by atoms with E-state index in [4.69, 9.17) is 5.73 Å². The lowest BCUT2D eigenvalue weighted by Crippen LogP contribution is -2.44. The fraction of sp³-hybridized carbons (Fsp3) is 1.00. The predicted octanol–water partition coefficient (Wildman–Crippen LogP) is 1.63. The van der Waals surface area contributed by atoms with E-state index in [0.29, 0.717) is 6.04 Å². The van der Waals surface area contributed by atoms with Crippen LogP contribution in [0.2, 0.25) is 0 Å². The van der Waals surface area contributed by atoms with E-state index in [1.165, 1.54) is 19.4 Å². The highest BCUT2D eigenvalue weighted by Crippen LogP contribution is 2.11. The standard InChI is InChI=1S/C13H31N3/c1-6-7-16(9-8-15(4)5)13(11-14)10-12(2)3/h12-13H,6-11,14H2,1-5H3. The molecule has 0 aliphatic rings. The number of nitrogens with two attached hydrogens (primary N) is 1. The Balaban J connectivity index is 4.21. The molecule has 3 heteroatoms. The average Bonchev–Trinajstić information content (AvgIpc) is 2.20. The molecule has 16 heavy (non-hydrogen) atoms. The SMILES string of the molecule is CCCN(CCN(C)C)C(CN)CC(C)C. The van der Waals surface area contributed by atoms with Gasteiger partial charge in [0.15, 0.2) is 0 Å². The van der Waals surface area contributed by atoms with Crippen molar-refractivity contribution in [1.29, 1.82) is 0 Å². The molecule has 0 aliphatic carbocycles. The van der Waals surface area contributed by atoms with Crippen molar-refractivity contribution in [2.75, 3.05) is 40.3 Å².